The summed E-state index contributed by atoms with van der Waals surface area (Å²) in [5.74, 6) is -0.913. The summed E-state index contributed by atoms with van der Waals surface area (Å²) in [6, 6.07) is 10.6. The molecule has 0 unspecified atom stereocenters. The van der Waals surface area contributed by atoms with Gasteiger partial charge in [0.1, 0.15) is 0 Å². The third-order valence-corrected chi connectivity index (χ3v) is 3.22. The van der Waals surface area contributed by atoms with Crippen LogP contribution in [0, 0.1) is 12.7 Å². The molecule has 0 aromatic heterocycles. The van der Waals surface area contributed by atoms with Gasteiger partial charge in [0.25, 0.3) is 0 Å². The number of anilines is 2. The number of hydrogen-bond acceptors (Lipinski definition) is 3. The zero-order chi connectivity index (χ0) is 14.7. The van der Waals surface area contributed by atoms with Crippen molar-refractivity contribution in [3.8, 4) is 5.75 Å². The van der Waals surface area contributed by atoms with E-state index in [0.29, 0.717) is 6.54 Å². The second-order valence-corrected chi connectivity index (χ2v) is 5.03. The maximum atomic E-state index is 13.2. The predicted molar refractivity (Wildman–Crippen MR) is 80.9 cm³/mol. The second-order valence-electron chi connectivity index (χ2n) is 5.03. The van der Waals surface area contributed by atoms with Gasteiger partial charge in [-0.3, -0.25) is 0 Å². The summed E-state index contributed by atoms with van der Waals surface area (Å²) in [5.41, 5.74) is 4.08. The Hall–Kier alpha value is -2.23. The SMILES string of the molecule is Cc1cc(N(C)C)ccc1NCc1ccc(O)c(F)c1. The van der Waals surface area contributed by atoms with Crippen LogP contribution < -0.4 is 10.2 Å². The highest BCUT2D eigenvalue weighted by atomic mass is 19.1. The van der Waals surface area contributed by atoms with Gasteiger partial charge in [-0.05, 0) is 48.4 Å². The molecule has 0 bridgehead atoms. The number of aryl methyl sites for hydroxylation is 1. The van der Waals surface area contributed by atoms with Crippen molar-refractivity contribution in [1.29, 1.82) is 0 Å². The standard InChI is InChI=1S/C16H19FN2O/c1-11-8-13(19(2)3)5-6-15(11)18-10-12-4-7-16(20)14(17)9-12/h4-9,18,20H,10H2,1-3H3. The molecule has 0 aliphatic heterocycles. The average Bonchev–Trinajstić information content (AvgIpc) is 2.41. The molecule has 0 fully saturated rings. The molecule has 2 aromatic rings. The van der Waals surface area contributed by atoms with Crippen LogP contribution in [0.3, 0.4) is 0 Å². The Morgan fingerprint density at radius 1 is 1.15 bits per heavy atom. The molecule has 20 heavy (non-hydrogen) atoms. The molecule has 2 rings (SSSR count). The van der Waals surface area contributed by atoms with Crippen LogP contribution in [0.5, 0.6) is 5.75 Å². The van der Waals surface area contributed by atoms with E-state index in [1.807, 2.05) is 38.1 Å². The van der Waals surface area contributed by atoms with Crippen molar-refractivity contribution in [2.24, 2.45) is 0 Å². The number of nitrogens with zero attached hydrogens (tertiary/aromatic N) is 1. The third kappa shape index (κ3) is 3.20. The van der Waals surface area contributed by atoms with Gasteiger partial charge in [-0.25, -0.2) is 4.39 Å². The molecule has 0 aliphatic rings. The number of nitrogens with one attached hydrogen (secondary N) is 1. The van der Waals surface area contributed by atoms with Crippen molar-refractivity contribution in [1.82, 2.24) is 0 Å². The molecular formula is C16H19FN2O. The number of rotatable bonds is 4. The Morgan fingerprint density at radius 3 is 2.50 bits per heavy atom. The van der Waals surface area contributed by atoms with E-state index < -0.39 is 5.82 Å². The van der Waals surface area contributed by atoms with E-state index in [-0.39, 0.29) is 5.75 Å². The number of aromatic hydroxyl groups is 1. The first-order valence-corrected chi connectivity index (χ1v) is 6.46. The summed E-state index contributed by atoms with van der Waals surface area (Å²) in [6.07, 6.45) is 0. The number of hydrogen-bond donors (Lipinski definition) is 2. The highest BCUT2D eigenvalue weighted by Crippen LogP contribution is 2.22. The maximum absolute atomic E-state index is 13.2. The molecule has 0 amide bonds. The van der Waals surface area contributed by atoms with Gasteiger partial charge in [0.2, 0.25) is 0 Å². The van der Waals surface area contributed by atoms with Gasteiger partial charge in [-0.1, -0.05) is 6.07 Å². The predicted octanol–water partition coefficient (Wildman–Crippen LogP) is 3.52. The second kappa shape index (κ2) is 5.82. The molecule has 0 radical (unpaired) electrons. The molecule has 3 nitrogen and oxygen atoms in total. The highest BCUT2D eigenvalue weighted by molar-refractivity contribution is 5.59. The van der Waals surface area contributed by atoms with Crippen LogP contribution in [0.25, 0.3) is 0 Å². The number of phenolic OH excluding ortho intramolecular Hbond substituents is 1. The first-order valence-electron chi connectivity index (χ1n) is 6.46. The van der Waals surface area contributed by atoms with Crippen molar-refractivity contribution in [3.05, 3.63) is 53.3 Å². The van der Waals surface area contributed by atoms with Gasteiger partial charge in [0, 0.05) is 32.0 Å². The Labute approximate surface area is 118 Å². The molecule has 0 saturated carbocycles. The molecule has 0 saturated heterocycles. The van der Waals surface area contributed by atoms with Crippen LogP contribution in [0.15, 0.2) is 36.4 Å². The minimum atomic E-state index is -0.594. The normalized spacial score (nSPS) is 10.4. The van der Waals surface area contributed by atoms with E-state index in [1.54, 1.807) is 6.07 Å². The number of phenols is 1. The first-order chi connectivity index (χ1) is 9.47. The Balaban J connectivity index is 2.09. The average molecular weight is 274 g/mol. The maximum Gasteiger partial charge on any atom is 0.165 e. The Kier molecular flexibility index (Phi) is 4.13. The van der Waals surface area contributed by atoms with Gasteiger partial charge in [0.05, 0.1) is 0 Å². The first kappa shape index (κ1) is 14.2. The van der Waals surface area contributed by atoms with Crippen LogP contribution in [-0.2, 0) is 6.54 Å². The lowest BCUT2D eigenvalue weighted by molar-refractivity contribution is 0.432. The van der Waals surface area contributed by atoms with Crippen molar-refractivity contribution in [2.45, 2.75) is 13.5 Å². The van der Waals surface area contributed by atoms with Crippen LogP contribution in [0.4, 0.5) is 15.8 Å². The summed E-state index contributed by atoms with van der Waals surface area (Å²) < 4.78 is 13.2. The molecule has 0 spiro atoms. The summed E-state index contributed by atoms with van der Waals surface area (Å²) >= 11 is 0. The molecule has 106 valence electrons. The highest BCUT2D eigenvalue weighted by Gasteiger charge is 2.04. The lowest BCUT2D eigenvalue weighted by Gasteiger charge is -2.16. The van der Waals surface area contributed by atoms with Gasteiger partial charge >= 0.3 is 0 Å². The van der Waals surface area contributed by atoms with E-state index >= 15 is 0 Å². The van der Waals surface area contributed by atoms with Crippen LogP contribution in [-0.4, -0.2) is 19.2 Å². The fourth-order valence-electron chi connectivity index (χ4n) is 1.98. The van der Waals surface area contributed by atoms with E-state index in [4.69, 9.17) is 5.11 Å². The fraction of sp³-hybridized carbons (Fsp3) is 0.250. The number of benzene rings is 2. The van der Waals surface area contributed by atoms with E-state index in [2.05, 4.69) is 11.4 Å². The number of halogens is 1. The fourth-order valence-corrected chi connectivity index (χ4v) is 1.98. The molecule has 2 aromatic carbocycles. The minimum Gasteiger partial charge on any atom is -0.505 e. The van der Waals surface area contributed by atoms with E-state index in [1.165, 1.54) is 12.1 Å². The van der Waals surface area contributed by atoms with Gasteiger partial charge in [-0.15, -0.1) is 0 Å². The van der Waals surface area contributed by atoms with Crippen molar-refractivity contribution in [3.63, 3.8) is 0 Å². The van der Waals surface area contributed by atoms with E-state index in [9.17, 15) is 4.39 Å². The van der Waals surface area contributed by atoms with Gasteiger partial charge in [-0.2, -0.15) is 0 Å². The zero-order valence-electron chi connectivity index (χ0n) is 11.9. The topological polar surface area (TPSA) is 35.5 Å². The summed E-state index contributed by atoms with van der Waals surface area (Å²) in [7, 11) is 4.00. The lowest BCUT2D eigenvalue weighted by Crippen LogP contribution is -2.09. The third-order valence-electron chi connectivity index (χ3n) is 3.22. The molecule has 2 N–H and O–H groups in total. The molecule has 0 heterocycles. The lowest BCUT2D eigenvalue weighted by atomic mass is 10.1. The molecule has 0 atom stereocenters. The summed E-state index contributed by atoms with van der Waals surface area (Å²) in [4.78, 5) is 2.05. The largest absolute Gasteiger partial charge is 0.505 e. The Morgan fingerprint density at radius 2 is 1.90 bits per heavy atom. The minimum absolute atomic E-state index is 0.319. The van der Waals surface area contributed by atoms with Crippen molar-refractivity contribution in [2.75, 3.05) is 24.3 Å². The zero-order valence-corrected chi connectivity index (χ0v) is 11.9. The van der Waals surface area contributed by atoms with Gasteiger partial charge < -0.3 is 15.3 Å². The van der Waals surface area contributed by atoms with Crippen molar-refractivity contribution < 1.29 is 9.50 Å². The van der Waals surface area contributed by atoms with E-state index in [0.717, 1.165) is 22.5 Å². The van der Waals surface area contributed by atoms with Gasteiger partial charge in [0.15, 0.2) is 11.6 Å². The van der Waals surface area contributed by atoms with Crippen LogP contribution in [0.2, 0.25) is 0 Å². The monoisotopic (exact) mass is 274 g/mol. The Bertz CT molecular complexity index is 611. The summed E-state index contributed by atoms with van der Waals surface area (Å²) in [6.45, 7) is 2.55. The molecule has 4 heteroatoms. The molecular weight excluding hydrogens is 255 g/mol. The quantitative estimate of drug-likeness (QED) is 0.895. The van der Waals surface area contributed by atoms with Crippen molar-refractivity contribution >= 4 is 11.4 Å². The summed E-state index contributed by atoms with van der Waals surface area (Å²) in [5, 5.41) is 12.4. The van der Waals surface area contributed by atoms with Crippen LogP contribution >= 0.6 is 0 Å². The molecule has 0 aliphatic carbocycles. The smallest absolute Gasteiger partial charge is 0.165 e. The van der Waals surface area contributed by atoms with Crippen LogP contribution in [0.1, 0.15) is 11.1 Å².